The molecule has 0 radical (unpaired) electrons. The number of benzene rings is 1. The van der Waals surface area contributed by atoms with Crippen LogP contribution in [0.5, 0.6) is 0 Å². The van der Waals surface area contributed by atoms with E-state index in [2.05, 4.69) is 20.3 Å². The fraction of sp³-hybridized carbons (Fsp3) is 0.214. The summed E-state index contributed by atoms with van der Waals surface area (Å²) in [6.45, 7) is 2.59. The average molecular weight is 286 g/mol. The van der Waals surface area contributed by atoms with Crippen LogP contribution in [-0.2, 0) is 6.42 Å². The molecule has 0 bridgehead atoms. The van der Waals surface area contributed by atoms with Crippen molar-refractivity contribution in [1.82, 2.24) is 20.3 Å². The summed E-state index contributed by atoms with van der Waals surface area (Å²) in [4.78, 5) is 24.6. The minimum absolute atomic E-state index is 0.0669. The van der Waals surface area contributed by atoms with E-state index in [1.54, 1.807) is 23.7 Å². The van der Waals surface area contributed by atoms with Crippen molar-refractivity contribution in [3.63, 3.8) is 0 Å². The molecule has 2 N–H and O–H groups in total. The number of thiazole rings is 1. The van der Waals surface area contributed by atoms with Gasteiger partial charge in [0.05, 0.1) is 22.4 Å². The van der Waals surface area contributed by atoms with E-state index in [1.807, 2.05) is 25.3 Å². The van der Waals surface area contributed by atoms with Crippen molar-refractivity contribution in [3.8, 4) is 0 Å². The fourth-order valence-electron chi connectivity index (χ4n) is 2.00. The zero-order valence-corrected chi connectivity index (χ0v) is 11.8. The summed E-state index contributed by atoms with van der Waals surface area (Å²) in [5.41, 5.74) is 2.37. The van der Waals surface area contributed by atoms with Crippen LogP contribution in [0.1, 0.15) is 20.2 Å². The SMILES string of the molecule is Cc1ncc(CCNC(=O)c2ccc3nc[nH]c3c2)s1. The second-order valence-corrected chi connectivity index (χ2v) is 5.81. The molecule has 0 unspecified atom stereocenters. The number of aryl methyl sites for hydroxylation is 1. The van der Waals surface area contributed by atoms with Gasteiger partial charge in [0, 0.05) is 29.6 Å². The van der Waals surface area contributed by atoms with Crippen molar-refractivity contribution >= 4 is 28.3 Å². The van der Waals surface area contributed by atoms with Gasteiger partial charge in [-0.25, -0.2) is 9.97 Å². The first kappa shape index (κ1) is 12.8. The molecule has 20 heavy (non-hydrogen) atoms. The molecule has 0 aliphatic heterocycles. The molecule has 6 heteroatoms. The van der Waals surface area contributed by atoms with E-state index in [4.69, 9.17) is 0 Å². The Kier molecular flexibility index (Phi) is 3.47. The highest BCUT2D eigenvalue weighted by molar-refractivity contribution is 7.11. The number of carbonyl (C=O) groups excluding carboxylic acids is 1. The molecule has 102 valence electrons. The Labute approximate surface area is 120 Å². The molecular formula is C14H14N4OS. The number of fused-ring (bicyclic) bond motifs is 1. The number of aromatic amines is 1. The number of nitrogens with one attached hydrogen (secondary N) is 2. The van der Waals surface area contributed by atoms with Crippen LogP contribution in [-0.4, -0.2) is 27.4 Å². The normalized spacial score (nSPS) is 10.8. The van der Waals surface area contributed by atoms with Crippen LogP contribution < -0.4 is 5.32 Å². The summed E-state index contributed by atoms with van der Waals surface area (Å²) >= 11 is 1.66. The highest BCUT2D eigenvalue weighted by Crippen LogP contribution is 2.13. The lowest BCUT2D eigenvalue weighted by Crippen LogP contribution is -2.25. The van der Waals surface area contributed by atoms with Crippen LogP contribution in [0, 0.1) is 6.92 Å². The van der Waals surface area contributed by atoms with Gasteiger partial charge >= 0.3 is 0 Å². The van der Waals surface area contributed by atoms with Crippen molar-refractivity contribution in [2.45, 2.75) is 13.3 Å². The van der Waals surface area contributed by atoms with Crippen LogP contribution in [0.25, 0.3) is 11.0 Å². The number of nitrogens with zero attached hydrogens (tertiary/aromatic N) is 2. The second-order valence-electron chi connectivity index (χ2n) is 4.49. The predicted octanol–water partition coefficient (Wildman–Crippen LogP) is 2.30. The summed E-state index contributed by atoms with van der Waals surface area (Å²) < 4.78 is 0. The summed E-state index contributed by atoms with van der Waals surface area (Å²) in [6.07, 6.45) is 4.30. The van der Waals surface area contributed by atoms with Crippen molar-refractivity contribution in [1.29, 1.82) is 0 Å². The van der Waals surface area contributed by atoms with E-state index in [9.17, 15) is 4.79 Å². The van der Waals surface area contributed by atoms with Crippen molar-refractivity contribution < 1.29 is 4.79 Å². The molecule has 1 aromatic carbocycles. The molecule has 3 aromatic rings. The number of aromatic nitrogens is 3. The van der Waals surface area contributed by atoms with E-state index in [0.717, 1.165) is 22.5 Å². The molecule has 2 heterocycles. The third kappa shape index (κ3) is 2.70. The third-order valence-electron chi connectivity index (χ3n) is 3.01. The lowest BCUT2D eigenvalue weighted by atomic mass is 10.2. The smallest absolute Gasteiger partial charge is 0.251 e. The fourth-order valence-corrected chi connectivity index (χ4v) is 2.79. The summed E-state index contributed by atoms with van der Waals surface area (Å²) in [5, 5.41) is 3.97. The predicted molar refractivity (Wildman–Crippen MR) is 79.0 cm³/mol. The second kappa shape index (κ2) is 5.42. The molecule has 0 saturated carbocycles. The van der Waals surface area contributed by atoms with Crippen LogP contribution in [0.2, 0.25) is 0 Å². The monoisotopic (exact) mass is 286 g/mol. The molecule has 0 spiro atoms. The van der Waals surface area contributed by atoms with Gasteiger partial charge < -0.3 is 10.3 Å². The van der Waals surface area contributed by atoms with Gasteiger partial charge in [0.25, 0.3) is 5.91 Å². The van der Waals surface area contributed by atoms with Crippen molar-refractivity contribution in [3.05, 3.63) is 46.2 Å². The van der Waals surface area contributed by atoms with E-state index >= 15 is 0 Å². The van der Waals surface area contributed by atoms with Gasteiger partial charge in [-0.05, 0) is 25.1 Å². The van der Waals surface area contributed by atoms with Crippen LogP contribution in [0.15, 0.2) is 30.7 Å². The lowest BCUT2D eigenvalue weighted by Gasteiger charge is -2.04. The molecule has 5 nitrogen and oxygen atoms in total. The van der Waals surface area contributed by atoms with Gasteiger partial charge in [0.15, 0.2) is 0 Å². The Balaban J connectivity index is 1.61. The zero-order valence-electron chi connectivity index (χ0n) is 11.0. The van der Waals surface area contributed by atoms with Gasteiger partial charge in [-0.3, -0.25) is 4.79 Å². The van der Waals surface area contributed by atoms with Gasteiger partial charge in [0.1, 0.15) is 0 Å². The van der Waals surface area contributed by atoms with Crippen LogP contribution in [0.3, 0.4) is 0 Å². The first-order valence-corrected chi connectivity index (χ1v) is 7.16. The Morgan fingerprint density at radius 2 is 2.30 bits per heavy atom. The standard InChI is InChI=1S/C14H14N4OS/c1-9-16-7-11(20-9)4-5-15-14(19)10-2-3-12-13(6-10)18-8-17-12/h2-3,6-8H,4-5H2,1H3,(H,15,19)(H,17,18). The summed E-state index contributed by atoms with van der Waals surface area (Å²) in [5.74, 6) is -0.0669. The number of carbonyl (C=O) groups is 1. The minimum Gasteiger partial charge on any atom is -0.352 e. The van der Waals surface area contributed by atoms with Gasteiger partial charge in [-0.15, -0.1) is 11.3 Å². The molecule has 0 aliphatic rings. The highest BCUT2D eigenvalue weighted by Gasteiger charge is 2.07. The minimum atomic E-state index is -0.0669. The summed E-state index contributed by atoms with van der Waals surface area (Å²) in [6, 6.07) is 5.44. The molecular weight excluding hydrogens is 272 g/mol. The average Bonchev–Trinajstić information content (AvgIpc) is 3.06. The molecule has 0 aliphatic carbocycles. The molecule has 0 fully saturated rings. The van der Waals surface area contributed by atoms with E-state index in [0.29, 0.717) is 12.1 Å². The lowest BCUT2D eigenvalue weighted by molar-refractivity contribution is 0.0954. The van der Waals surface area contributed by atoms with E-state index in [-0.39, 0.29) is 5.91 Å². The number of rotatable bonds is 4. The third-order valence-corrected chi connectivity index (χ3v) is 3.98. The first-order chi connectivity index (χ1) is 9.72. The molecule has 0 atom stereocenters. The number of H-pyrrole nitrogens is 1. The largest absolute Gasteiger partial charge is 0.352 e. The highest BCUT2D eigenvalue weighted by atomic mass is 32.1. The molecule has 0 saturated heterocycles. The van der Waals surface area contributed by atoms with Crippen LogP contribution >= 0.6 is 11.3 Å². The molecule has 3 rings (SSSR count). The topological polar surface area (TPSA) is 70.7 Å². The Bertz CT molecular complexity index is 746. The van der Waals surface area contributed by atoms with Gasteiger partial charge in [-0.2, -0.15) is 0 Å². The number of hydrogen-bond acceptors (Lipinski definition) is 4. The number of imidazole rings is 1. The van der Waals surface area contributed by atoms with Crippen molar-refractivity contribution in [2.75, 3.05) is 6.54 Å². The van der Waals surface area contributed by atoms with Crippen LogP contribution in [0.4, 0.5) is 0 Å². The van der Waals surface area contributed by atoms with Gasteiger partial charge in [-0.1, -0.05) is 0 Å². The maximum atomic E-state index is 12.0. The number of hydrogen-bond donors (Lipinski definition) is 2. The Hall–Kier alpha value is -2.21. The molecule has 1 amide bonds. The summed E-state index contributed by atoms with van der Waals surface area (Å²) in [7, 11) is 0. The maximum Gasteiger partial charge on any atom is 0.251 e. The Morgan fingerprint density at radius 1 is 1.40 bits per heavy atom. The first-order valence-electron chi connectivity index (χ1n) is 6.35. The van der Waals surface area contributed by atoms with E-state index in [1.165, 1.54) is 4.88 Å². The molecule has 2 aromatic heterocycles. The van der Waals surface area contributed by atoms with Crippen molar-refractivity contribution in [2.24, 2.45) is 0 Å². The van der Waals surface area contributed by atoms with Gasteiger partial charge in [0.2, 0.25) is 0 Å². The maximum absolute atomic E-state index is 12.0. The number of amides is 1. The van der Waals surface area contributed by atoms with E-state index < -0.39 is 0 Å². The quantitative estimate of drug-likeness (QED) is 0.773. The Morgan fingerprint density at radius 3 is 3.10 bits per heavy atom. The zero-order chi connectivity index (χ0) is 13.9.